The van der Waals surface area contributed by atoms with Crippen molar-refractivity contribution < 1.29 is 19.4 Å². The SMILES string of the molecule is O=C(O)c1ccc(-c2cc3cc(O)ccc3o2)[nH]1. The van der Waals surface area contributed by atoms with Crippen molar-refractivity contribution >= 4 is 16.9 Å². The number of aromatic nitrogens is 1. The molecule has 5 heteroatoms. The van der Waals surface area contributed by atoms with Crippen molar-refractivity contribution in [1.82, 2.24) is 4.98 Å². The first-order valence-corrected chi connectivity index (χ1v) is 5.29. The molecule has 3 N–H and O–H groups in total. The van der Waals surface area contributed by atoms with Crippen LogP contribution in [0.2, 0.25) is 0 Å². The van der Waals surface area contributed by atoms with E-state index in [0.29, 0.717) is 17.0 Å². The number of furan rings is 1. The first-order valence-electron chi connectivity index (χ1n) is 5.29. The molecule has 2 aromatic heterocycles. The van der Waals surface area contributed by atoms with Crippen molar-refractivity contribution in [2.24, 2.45) is 0 Å². The second-order valence-electron chi connectivity index (χ2n) is 3.92. The minimum absolute atomic E-state index is 0.105. The van der Waals surface area contributed by atoms with Crippen molar-refractivity contribution in [3.63, 3.8) is 0 Å². The number of phenolic OH excluding ortho intramolecular Hbond substituents is 1. The maximum atomic E-state index is 10.8. The lowest BCUT2D eigenvalue weighted by Gasteiger charge is -1.90. The molecule has 3 rings (SSSR count). The molecule has 0 unspecified atom stereocenters. The molecule has 2 heterocycles. The average Bonchev–Trinajstić information content (AvgIpc) is 2.93. The van der Waals surface area contributed by atoms with Crippen LogP contribution in [0, 0.1) is 0 Å². The van der Waals surface area contributed by atoms with E-state index in [1.54, 1.807) is 24.3 Å². The summed E-state index contributed by atoms with van der Waals surface area (Å²) in [5.41, 5.74) is 1.32. The lowest BCUT2D eigenvalue weighted by Crippen LogP contribution is -1.95. The largest absolute Gasteiger partial charge is 0.508 e. The van der Waals surface area contributed by atoms with E-state index < -0.39 is 5.97 Å². The third-order valence-corrected chi connectivity index (χ3v) is 2.68. The van der Waals surface area contributed by atoms with Crippen molar-refractivity contribution in [3.8, 4) is 17.2 Å². The number of aromatic hydroxyl groups is 1. The Balaban J connectivity index is 2.10. The van der Waals surface area contributed by atoms with Gasteiger partial charge in [0.15, 0.2) is 5.76 Å². The van der Waals surface area contributed by atoms with Crippen molar-refractivity contribution in [1.29, 1.82) is 0 Å². The molecule has 0 saturated carbocycles. The number of carboxylic acids is 1. The van der Waals surface area contributed by atoms with Crippen LogP contribution in [0.3, 0.4) is 0 Å². The van der Waals surface area contributed by atoms with Crippen LogP contribution in [0.25, 0.3) is 22.4 Å². The van der Waals surface area contributed by atoms with Crippen LogP contribution in [-0.4, -0.2) is 21.2 Å². The molecule has 0 radical (unpaired) electrons. The molecule has 90 valence electrons. The standard InChI is InChI=1S/C13H9NO4/c15-8-1-4-11-7(5-8)6-12(18-11)9-2-3-10(14-9)13(16)17/h1-6,14-15H,(H,16,17). The fourth-order valence-corrected chi connectivity index (χ4v) is 1.83. The number of aromatic amines is 1. The van der Waals surface area contributed by atoms with Crippen LogP contribution in [0.5, 0.6) is 5.75 Å². The number of carboxylic acid groups (broad SMARTS) is 1. The summed E-state index contributed by atoms with van der Waals surface area (Å²) in [6.45, 7) is 0. The van der Waals surface area contributed by atoms with Gasteiger partial charge in [0.2, 0.25) is 0 Å². The van der Waals surface area contributed by atoms with Gasteiger partial charge in [0.1, 0.15) is 17.0 Å². The zero-order valence-electron chi connectivity index (χ0n) is 9.18. The molecule has 0 bridgehead atoms. The number of aromatic carboxylic acids is 1. The number of phenols is 1. The van der Waals surface area contributed by atoms with Crippen LogP contribution < -0.4 is 0 Å². The molecule has 0 aliphatic carbocycles. The third kappa shape index (κ3) is 1.62. The van der Waals surface area contributed by atoms with E-state index in [1.807, 2.05) is 0 Å². The van der Waals surface area contributed by atoms with E-state index in [2.05, 4.69) is 4.98 Å². The molecule has 0 amide bonds. The molecule has 3 aromatic rings. The summed E-state index contributed by atoms with van der Waals surface area (Å²) in [5, 5.41) is 18.9. The molecule has 0 aliphatic rings. The molecule has 18 heavy (non-hydrogen) atoms. The first kappa shape index (κ1) is 10.5. The maximum absolute atomic E-state index is 10.8. The molecule has 1 aromatic carbocycles. The van der Waals surface area contributed by atoms with E-state index in [4.69, 9.17) is 9.52 Å². The second-order valence-corrected chi connectivity index (χ2v) is 3.92. The molecular weight excluding hydrogens is 234 g/mol. The molecule has 0 saturated heterocycles. The number of benzene rings is 1. The van der Waals surface area contributed by atoms with Gasteiger partial charge in [-0.1, -0.05) is 0 Å². The topological polar surface area (TPSA) is 86.5 Å². The van der Waals surface area contributed by atoms with Crippen LogP contribution in [-0.2, 0) is 0 Å². The van der Waals surface area contributed by atoms with Gasteiger partial charge >= 0.3 is 5.97 Å². The van der Waals surface area contributed by atoms with Crippen LogP contribution in [0.1, 0.15) is 10.5 Å². The zero-order chi connectivity index (χ0) is 12.7. The quantitative estimate of drug-likeness (QED) is 0.645. The summed E-state index contributed by atoms with van der Waals surface area (Å²) < 4.78 is 5.57. The Hall–Kier alpha value is -2.69. The van der Waals surface area contributed by atoms with Crippen LogP contribution in [0.15, 0.2) is 40.8 Å². The number of fused-ring (bicyclic) bond motifs is 1. The second kappa shape index (κ2) is 3.66. The molecule has 0 spiro atoms. The summed E-state index contributed by atoms with van der Waals surface area (Å²) in [6.07, 6.45) is 0. The van der Waals surface area contributed by atoms with Crippen molar-refractivity contribution in [3.05, 3.63) is 42.1 Å². The molecule has 5 nitrogen and oxygen atoms in total. The van der Waals surface area contributed by atoms with E-state index in [1.165, 1.54) is 12.1 Å². The normalized spacial score (nSPS) is 10.9. The van der Waals surface area contributed by atoms with Gasteiger partial charge in [-0.25, -0.2) is 4.79 Å². The summed E-state index contributed by atoms with van der Waals surface area (Å²) >= 11 is 0. The van der Waals surface area contributed by atoms with E-state index in [9.17, 15) is 9.90 Å². The number of H-pyrrole nitrogens is 1. The predicted molar refractivity (Wildman–Crippen MR) is 64.6 cm³/mol. The zero-order valence-corrected chi connectivity index (χ0v) is 9.18. The fourth-order valence-electron chi connectivity index (χ4n) is 1.83. The van der Waals surface area contributed by atoms with Gasteiger partial charge in [-0.05, 0) is 36.4 Å². The van der Waals surface area contributed by atoms with E-state index >= 15 is 0 Å². The smallest absolute Gasteiger partial charge is 0.352 e. The van der Waals surface area contributed by atoms with Gasteiger partial charge in [-0.3, -0.25) is 0 Å². The van der Waals surface area contributed by atoms with E-state index in [-0.39, 0.29) is 11.4 Å². The molecule has 0 aliphatic heterocycles. The highest BCUT2D eigenvalue weighted by Crippen LogP contribution is 2.29. The molecule has 0 fully saturated rings. The van der Waals surface area contributed by atoms with Crippen molar-refractivity contribution in [2.75, 3.05) is 0 Å². The van der Waals surface area contributed by atoms with Gasteiger partial charge in [0, 0.05) is 5.39 Å². The summed E-state index contributed by atoms with van der Waals surface area (Å²) in [7, 11) is 0. The Labute approximate surface area is 101 Å². The summed E-state index contributed by atoms with van der Waals surface area (Å²) in [4.78, 5) is 13.5. The van der Waals surface area contributed by atoms with Gasteiger partial charge in [-0.15, -0.1) is 0 Å². The highest BCUT2D eigenvalue weighted by atomic mass is 16.4. The monoisotopic (exact) mass is 243 g/mol. The lowest BCUT2D eigenvalue weighted by molar-refractivity contribution is 0.0691. The Morgan fingerprint density at radius 1 is 1.17 bits per heavy atom. The number of rotatable bonds is 2. The van der Waals surface area contributed by atoms with E-state index in [0.717, 1.165) is 5.39 Å². The Morgan fingerprint density at radius 2 is 2.00 bits per heavy atom. The summed E-state index contributed by atoms with van der Waals surface area (Å²) in [5.74, 6) is -0.328. The minimum Gasteiger partial charge on any atom is -0.508 e. The number of hydrogen-bond acceptors (Lipinski definition) is 3. The summed E-state index contributed by atoms with van der Waals surface area (Å²) in [6, 6.07) is 9.64. The number of nitrogens with one attached hydrogen (secondary N) is 1. The Kier molecular flexibility index (Phi) is 2.13. The van der Waals surface area contributed by atoms with Crippen molar-refractivity contribution in [2.45, 2.75) is 0 Å². The van der Waals surface area contributed by atoms with Gasteiger partial charge < -0.3 is 19.6 Å². The van der Waals surface area contributed by atoms with Crippen LogP contribution >= 0.6 is 0 Å². The predicted octanol–water partition coefficient (Wildman–Crippen LogP) is 2.83. The van der Waals surface area contributed by atoms with Gasteiger partial charge in [-0.2, -0.15) is 0 Å². The highest BCUT2D eigenvalue weighted by Gasteiger charge is 2.11. The number of hydrogen-bond donors (Lipinski definition) is 3. The van der Waals surface area contributed by atoms with Gasteiger partial charge in [0.25, 0.3) is 0 Å². The Morgan fingerprint density at radius 3 is 2.72 bits per heavy atom. The lowest BCUT2D eigenvalue weighted by atomic mass is 10.2. The average molecular weight is 243 g/mol. The van der Waals surface area contributed by atoms with Gasteiger partial charge in [0.05, 0.1) is 5.69 Å². The highest BCUT2D eigenvalue weighted by molar-refractivity contribution is 5.88. The third-order valence-electron chi connectivity index (χ3n) is 2.68. The Bertz CT molecular complexity index is 738. The maximum Gasteiger partial charge on any atom is 0.352 e. The minimum atomic E-state index is -1.02. The fraction of sp³-hybridized carbons (Fsp3) is 0. The number of carbonyl (C=O) groups is 1. The molecular formula is C13H9NO4. The molecule has 0 atom stereocenters. The first-order chi connectivity index (χ1) is 8.63. The van der Waals surface area contributed by atoms with Crippen LogP contribution in [0.4, 0.5) is 0 Å².